The van der Waals surface area contributed by atoms with Gasteiger partial charge in [0.1, 0.15) is 0 Å². The molecule has 0 aromatic rings. The monoisotopic (exact) mass is 382 g/mol. The van der Waals surface area contributed by atoms with Gasteiger partial charge >= 0.3 is 0 Å². The predicted octanol–water partition coefficient (Wildman–Crippen LogP) is 7.39. The van der Waals surface area contributed by atoms with Crippen LogP contribution in [0.1, 0.15) is 55.4 Å². The fraction of sp³-hybridized carbons (Fsp3) is 0.379. The van der Waals surface area contributed by atoms with Crippen molar-refractivity contribution in [3.8, 4) is 0 Å². The van der Waals surface area contributed by atoms with E-state index in [1.807, 2.05) is 0 Å². The third-order valence-corrected chi connectivity index (χ3v) is 6.61. The van der Waals surface area contributed by atoms with Crippen molar-refractivity contribution in [1.82, 2.24) is 0 Å². The van der Waals surface area contributed by atoms with E-state index < -0.39 is 0 Å². The molecule has 0 aromatic heterocycles. The first-order valence-corrected chi connectivity index (χ1v) is 10.8. The lowest BCUT2D eigenvalue weighted by atomic mass is 9.60. The number of hydrogen-bond acceptors (Lipinski definition) is 0. The molecule has 4 aliphatic rings. The van der Waals surface area contributed by atoms with Crippen molar-refractivity contribution in [3.05, 3.63) is 109 Å². The zero-order valence-corrected chi connectivity index (χ0v) is 19.3. The minimum absolute atomic E-state index is 0.0590. The van der Waals surface area contributed by atoms with Crippen LogP contribution in [-0.4, -0.2) is 0 Å². The summed E-state index contributed by atoms with van der Waals surface area (Å²) in [5.41, 5.74) is 3.01. The van der Waals surface area contributed by atoms with Crippen molar-refractivity contribution in [2.75, 3.05) is 0 Å². The van der Waals surface area contributed by atoms with Crippen molar-refractivity contribution in [2.45, 2.75) is 55.4 Å². The molecular weight excluding hydrogens is 348 g/mol. The fourth-order valence-corrected chi connectivity index (χ4v) is 4.66. The Morgan fingerprint density at radius 2 is 0.931 bits per heavy atom. The zero-order valence-electron chi connectivity index (χ0n) is 19.3. The standard InChI is InChI=1S/C29H34/c1-27(2,3)20-13-15-22-23-16-14-21(28(4,5)6)18-25(23)26(24(22)17-20)29(7,8)19-11-9-10-12-19/h9-18H,1-8H3. The van der Waals surface area contributed by atoms with Crippen LogP contribution in [0.25, 0.3) is 0 Å². The predicted molar refractivity (Wildman–Crippen MR) is 124 cm³/mol. The molecule has 10 radical (unpaired) electrons. The smallest absolute Gasteiger partial charge is 0.0209 e. The van der Waals surface area contributed by atoms with Crippen molar-refractivity contribution < 1.29 is 0 Å². The largest absolute Gasteiger partial charge is 0.0752 e. The summed E-state index contributed by atoms with van der Waals surface area (Å²) in [6, 6.07) is 0. The van der Waals surface area contributed by atoms with Crippen LogP contribution in [0.5, 0.6) is 0 Å². The molecule has 0 saturated heterocycles. The van der Waals surface area contributed by atoms with E-state index in [9.17, 15) is 0 Å². The van der Waals surface area contributed by atoms with E-state index >= 15 is 0 Å². The quantitative estimate of drug-likeness (QED) is 0.467. The van der Waals surface area contributed by atoms with Gasteiger partial charge in [0.15, 0.2) is 0 Å². The Bertz CT molecular complexity index is 697. The maximum absolute atomic E-state index is 2.45. The molecule has 0 atom stereocenters. The summed E-state index contributed by atoms with van der Waals surface area (Å²) in [5.74, 6) is 8.42. The van der Waals surface area contributed by atoms with Crippen molar-refractivity contribution in [3.63, 3.8) is 0 Å². The van der Waals surface area contributed by atoms with Crippen LogP contribution in [0.4, 0.5) is 0 Å². The van der Waals surface area contributed by atoms with Gasteiger partial charge in [-0.25, -0.2) is 0 Å². The number of hydrogen-bond donors (Lipinski definition) is 0. The van der Waals surface area contributed by atoms with Gasteiger partial charge in [0.2, 0.25) is 0 Å². The van der Waals surface area contributed by atoms with E-state index in [4.69, 9.17) is 0 Å². The second-order valence-electron chi connectivity index (χ2n) is 11.2. The minimum atomic E-state index is -0.0590. The molecule has 4 rings (SSSR count). The first-order valence-electron chi connectivity index (χ1n) is 10.8. The number of rotatable bonds is 2. The maximum Gasteiger partial charge on any atom is 0.0209 e. The van der Waals surface area contributed by atoms with Gasteiger partial charge in [-0.2, -0.15) is 0 Å². The Labute approximate surface area is 180 Å². The Balaban J connectivity index is 1.79. The van der Waals surface area contributed by atoms with Gasteiger partial charge in [-0.15, -0.1) is 0 Å². The normalized spacial score (nSPS) is 26.1. The molecule has 0 heterocycles. The topological polar surface area (TPSA) is 0 Å². The average molecular weight is 383 g/mol. The maximum atomic E-state index is 2.45. The summed E-state index contributed by atoms with van der Waals surface area (Å²) < 4.78 is 0. The van der Waals surface area contributed by atoms with Gasteiger partial charge in [0, 0.05) is 29.6 Å². The molecule has 0 aromatic carbocycles. The van der Waals surface area contributed by atoms with Crippen molar-refractivity contribution in [2.24, 2.45) is 16.2 Å². The average Bonchev–Trinajstić information content (AvgIpc) is 3.26. The Hall–Kier alpha value is -1.04. The van der Waals surface area contributed by atoms with Gasteiger partial charge in [-0.3, -0.25) is 0 Å². The lowest BCUT2D eigenvalue weighted by Crippen LogP contribution is -2.34. The van der Waals surface area contributed by atoms with E-state index in [0.717, 1.165) is 0 Å². The molecule has 2 fully saturated rings. The van der Waals surface area contributed by atoms with Gasteiger partial charge in [0.25, 0.3) is 0 Å². The zero-order chi connectivity index (χ0) is 21.2. The van der Waals surface area contributed by atoms with Crippen LogP contribution in [-0.2, 0) is 0 Å². The highest BCUT2D eigenvalue weighted by molar-refractivity contribution is 5.80. The molecule has 4 aliphatic carbocycles. The lowest BCUT2D eigenvalue weighted by Gasteiger charge is -2.43. The van der Waals surface area contributed by atoms with Gasteiger partial charge in [0.05, 0.1) is 0 Å². The Morgan fingerprint density at radius 3 is 1.31 bits per heavy atom. The molecule has 150 valence electrons. The second-order valence-corrected chi connectivity index (χ2v) is 11.2. The van der Waals surface area contributed by atoms with Crippen LogP contribution < -0.4 is 0 Å². The molecule has 0 spiro atoms. The minimum Gasteiger partial charge on any atom is -0.0752 e. The first-order chi connectivity index (χ1) is 13.4. The molecule has 0 unspecified atom stereocenters. The molecule has 0 bridgehead atoms. The summed E-state index contributed by atoms with van der Waals surface area (Å²) in [6.07, 6.45) is 23.1. The summed E-state index contributed by atoms with van der Waals surface area (Å²) in [5, 5.41) is 0. The SMILES string of the molecule is CC(C)([C]1[CH][CH][CH][CH]1)[C]1[C]2C=C(C(C)(C)C)C=C[C]2[C]2C=CC(C(C)(C)C)=C[C]21. The summed E-state index contributed by atoms with van der Waals surface area (Å²) in [7, 11) is 0. The molecule has 0 aliphatic heterocycles. The summed E-state index contributed by atoms with van der Waals surface area (Å²) in [4.78, 5) is 0. The summed E-state index contributed by atoms with van der Waals surface area (Å²) >= 11 is 0. The first kappa shape index (κ1) is 21.2. The van der Waals surface area contributed by atoms with Gasteiger partial charge < -0.3 is 0 Å². The van der Waals surface area contributed by atoms with E-state index in [2.05, 4.69) is 118 Å². The highest BCUT2D eigenvalue weighted by Crippen LogP contribution is 2.67. The summed E-state index contributed by atoms with van der Waals surface area (Å²) in [6.45, 7) is 18.6. The van der Waals surface area contributed by atoms with Crippen LogP contribution in [0.2, 0.25) is 0 Å². The van der Waals surface area contributed by atoms with Crippen LogP contribution in [0.3, 0.4) is 0 Å². The molecule has 0 heteroatoms. The van der Waals surface area contributed by atoms with E-state index in [1.54, 1.807) is 0 Å². The van der Waals surface area contributed by atoms with Crippen LogP contribution in [0, 0.1) is 77.4 Å². The highest BCUT2D eigenvalue weighted by atomic mass is 14.6. The molecule has 0 N–H and O–H groups in total. The number of fused-ring (bicyclic) bond motifs is 3. The molecule has 0 amide bonds. The molecule has 29 heavy (non-hydrogen) atoms. The van der Waals surface area contributed by atoms with Crippen LogP contribution >= 0.6 is 0 Å². The Morgan fingerprint density at radius 1 is 0.517 bits per heavy atom. The molecule has 0 nitrogen and oxygen atoms in total. The highest BCUT2D eigenvalue weighted by Gasteiger charge is 2.58. The fourth-order valence-electron chi connectivity index (χ4n) is 4.66. The van der Waals surface area contributed by atoms with Gasteiger partial charge in [-0.05, 0) is 59.0 Å². The third kappa shape index (κ3) is 3.64. The third-order valence-electron chi connectivity index (χ3n) is 6.61. The van der Waals surface area contributed by atoms with E-state index in [1.165, 1.54) is 46.7 Å². The van der Waals surface area contributed by atoms with E-state index in [-0.39, 0.29) is 16.2 Å². The van der Waals surface area contributed by atoms with Gasteiger partial charge in [-0.1, -0.05) is 91.8 Å². The second kappa shape index (κ2) is 7.00. The van der Waals surface area contributed by atoms with E-state index in [0.29, 0.717) is 0 Å². The van der Waals surface area contributed by atoms with Crippen molar-refractivity contribution >= 4 is 0 Å². The molecule has 2 saturated carbocycles. The number of allylic oxidation sites excluding steroid dienone is 8. The Kier molecular flexibility index (Phi) is 5.12. The van der Waals surface area contributed by atoms with Crippen molar-refractivity contribution in [1.29, 1.82) is 0 Å². The van der Waals surface area contributed by atoms with Crippen LogP contribution in [0.15, 0.2) is 47.6 Å². The lowest BCUT2D eigenvalue weighted by molar-refractivity contribution is 0.436. The molecular formula is C29H34.